The highest BCUT2D eigenvalue weighted by molar-refractivity contribution is 6.28. The minimum atomic E-state index is -0.645. The van der Waals surface area contributed by atoms with E-state index in [2.05, 4.69) is 20.2 Å². The zero-order valence-electron chi connectivity index (χ0n) is 18.0. The van der Waals surface area contributed by atoms with Crippen molar-refractivity contribution in [3.63, 3.8) is 0 Å². The summed E-state index contributed by atoms with van der Waals surface area (Å²) in [4.78, 5) is 34.1. The van der Waals surface area contributed by atoms with Crippen molar-refractivity contribution in [1.29, 1.82) is 0 Å². The van der Waals surface area contributed by atoms with Gasteiger partial charge in [0.05, 0.1) is 17.7 Å². The molecule has 10 nitrogen and oxygen atoms in total. The fourth-order valence-electron chi connectivity index (χ4n) is 4.25. The summed E-state index contributed by atoms with van der Waals surface area (Å²) in [6, 6.07) is -0.0295. The molecule has 1 saturated carbocycles. The van der Waals surface area contributed by atoms with Gasteiger partial charge in [0.15, 0.2) is 17.7 Å². The number of anilines is 1. The topological polar surface area (TPSA) is 112 Å². The summed E-state index contributed by atoms with van der Waals surface area (Å²) in [5.41, 5.74) is -0.167. The molecule has 11 heteroatoms. The summed E-state index contributed by atoms with van der Waals surface area (Å²) < 4.78 is 13.2. The summed E-state index contributed by atoms with van der Waals surface area (Å²) in [5.74, 6) is 0.395. The fraction of sp³-hybridized carbons (Fsp3) is 0.700. The van der Waals surface area contributed by atoms with Gasteiger partial charge in [0.1, 0.15) is 12.1 Å². The Morgan fingerprint density at radius 3 is 2.71 bits per heavy atom. The van der Waals surface area contributed by atoms with E-state index in [1.165, 1.54) is 0 Å². The van der Waals surface area contributed by atoms with E-state index in [1.807, 2.05) is 20.8 Å². The molecule has 1 aliphatic heterocycles. The maximum atomic E-state index is 13.2. The lowest BCUT2D eigenvalue weighted by atomic mass is 10.2. The average Bonchev–Trinajstić information content (AvgIpc) is 3.41. The first-order valence-electron chi connectivity index (χ1n) is 10.6. The van der Waals surface area contributed by atoms with Crippen LogP contribution in [0.2, 0.25) is 5.28 Å². The maximum absolute atomic E-state index is 13.2. The molecule has 0 N–H and O–H groups in total. The van der Waals surface area contributed by atoms with Gasteiger partial charge < -0.3 is 9.47 Å². The molecular weight excluding hydrogens is 424 g/mol. The van der Waals surface area contributed by atoms with Gasteiger partial charge in [-0.3, -0.25) is 4.90 Å². The second-order valence-corrected chi connectivity index (χ2v) is 9.37. The van der Waals surface area contributed by atoms with E-state index in [1.54, 1.807) is 15.8 Å². The first-order chi connectivity index (χ1) is 14.8. The number of hydrogen-bond donors (Lipinski definition) is 0. The van der Waals surface area contributed by atoms with Crippen LogP contribution < -0.4 is 4.90 Å². The Morgan fingerprint density at radius 1 is 1.29 bits per heavy atom. The summed E-state index contributed by atoms with van der Waals surface area (Å²) in [5, 5.41) is 8.00. The zero-order chi connectivity index (χ0) is 22.2. The van der Waals surface area contributed by atoms with Crippen molar-refractivity contribution in [1.82, 2.24) is 19.7 Å². The molecule has 2 atom stereocenters. The lowest BCUT2D eigenvalue weighted by Gasteiger charge is -2.31. The number of ether oxygens (including phenoxy) is 2. The number of carbonyl (C=O) groups is 1. The van der Waals surface area contributed by atoms with Gasteiger partial charge in [0, 0.05) is 6.04 Å². The Bertz CT molecular complexity index is 968. The molecule has 3 heterocycles. The van der Waals surface area contributed by atoms with Crippen LogP contribution in [0.15, 0.2) is 11.4 Å². The first kappa shape index (κ1) is 21.9. The van der Waals surface area contributed by atoms with Crippen LogP contribution in [0, 0.1) is 4.91 Å². The van der Waals surface area contributed by atoms with Gasteiger partial charge in [0.2, 0.25) is 5.28 Å². The molecular formula is C20H27ClN6O4. The lowest BCUT2D eigenvalue weighted by Crippen LogP contribution is -2.43. The second kappa shape index (κ2) is 8.66. The van der Waals surface area contributed by atoms with E-state index in [4.69, 9.17) is 21.1 Å². The number of nitrogens with zero attached hydrogens (tertiary/aromatic N) is 6. The van der Waals surface area contributed by atoms with Gasteiger partial charge in [-0.05, 0) is 58.1 Å². The molecule has 2 aromatic rings. The van der Waals surface area contributed by atoms with Gasteiger partial charge in [-0.2, -0.15) is 20.0 Å². The number of rotatable bonds is 5. The molecule has 0 bridgehead atoms. The molecule has 2 unspecified atom stereocenters. The van der Waals surface area contributed by atoms with Crippen LogP contribution in [-0.2, 0) is 9.47 Å². The van der Waals surface area contributed by atoms with Crippen molar-refractivity contribution < 1.29 is 14.3 Å². The fourth-order valence-corrected chi connectivity index (χ4v) is 4.41. The van der Waals surface area contributed by atoms with Crippen molar-refractivity contribution in [2.24, 2.45) is 5.18 Å². The van der Waals surface area contributed by atoms with Gasteiger partial charge in [-0.1, -0.05) is 18.0 Å². The predicted octanol–water partition coefficient (Wildman–Crippen LogP) is 4.61. The molecule has 0 spiro atoms. The number of carbonyl (C=O) groups excluding carboxylic acids is 1. The summed E-state index contributed by atoms with van der Waals surface area (Å²) in [7, 11) is 0. The highest BCUT2D eigenvalue weighted by Crippen LogP contribution is 2.36. The Morgan fingerprint density at radius 2 is 2.03 bits per heavy atom. The predicted molar refractivity (Wildman–Crippen MR) is 115 cm³/mol. The van der Waals surface area contributed by atoms with Crippen molar-refractivity contribution in [2.45, 2.75) is 83.3 Å². The Balaban J connectivity index is 1.74. The summed E-state index contributed by atoms with van der Waals surface area (Å²) in [6.07, 6.45) is 5.72. The second-order valence-electron chi connectivity index (χ2n) is 9.03. The molecule has 31 heavy (non-hydrogen) atoms. The average molecular weight is 451 g/mol. The quantitative estimate of drug-likeness (QED) is 0.483. The van der Waals surface area contributed by atoms with Crippen LogP contribution >= 0.6 is 11.6 Å². The van der Waals surface area contributed by atoms with E-state index in [-0.39, 0.29) is 30.2 Å². The van der Waals surface area contributed by atoms with Crippen LogP contribution in [0.4, 0.5) is 10.6 Å². The first-order valence-corrected chi connectivity index (χ1v) is 11.0. The lowest BCUT2D eigenvalue weighted by molar-refractivity contribution is 0.00160. The standard InChI is InChI=1S/C20H27ClN6O4/c1-20(2,3)31-19(28)26(12-6-4-5-7-12)16-14-11-22-27(17(14)25-18(21)24-16)15-9-8-13(30-15)10-23-29/h11-13,15H,4-10H2,1-3H3. The Hall–Kier alpha value is -2.33. The smallest absolute Gasteiger partial charge is 0.416 e. The Labute approximate surface area is 185 Å². The van der Waals surface area contributed by atoms with Crippen LogP contribution in [-0.4, -0.2) is 50.1 Å². The molecule has 0 aromatic carbocycles. The van der Waals surface area contributed by atoms with Crippen molar-refractivity contribution in [3.05, 3.63) is 16.4 Å². The molecule has 0 radical (unpaired) electrons. The number of amides is 1. The van der Waals surface area contributed by atoms with E-state index >= 15 is 0 Å². The molecule has 1 aliphatic carbocycles. The molecule has 1 amide bonds. The SMILES string of the molecule is CC(C)(C)OC(=O)N(c1nc(Cl)nc2c1cnn2C1CCC(CN=O)O1)C1CCCC1. The highest BCUT2D eigenvalue weighted by atomic mass is 35.5. The largest absolute Gasteiger partial charge is 0.443 e. The van der Waals surface area contributed by atoms with Gasteiger partial charge >= 0.3 is 6.09 Å². The summed E-state index contributed by atoms with van der Waals surface area (Å²) >= 11 is 6.29. The third kappa shape index (κ3) is 4.64. The van der Waals surface area contributed by atoms with Crippen LogP contribution in [0.1, 0.15) is 65.5 Å². The van der Waals surface area contributed by atoms with Crippen molar-refractivity contribution in [3.8, 4) is 0 Å². The van der Waals surface area contributed by atoms with E-state index in [0.29, 0.717) is 29.7 Å². The molecule has 2 fully saturated rings. The monoisotopic (exact) mass is 450 g/mol. The molecule has 1 saturated heterocycles. The minimum Gasteiger partial charge on any atom is -0.443 e. The molecule has 2 aromatic heterocycles. The minimum absolute atomic E-state index is 0.0138. The number of nitroso groups, excluding NO2 is 1. The van der Waals surface area contributed by atoms with Gasteiger partial charge in [-0.25, -0.2) is 9.48 Å². The number of aromatic nitrogens is 4. The van der Waals surface area contributed by atoms with Gasteiger partial charge in [-0.15, -0.1) is 0 Å². The Kier molecular flexibility index (Phi) is 6.11. The number of fused-ring (bicyclic) bond motifs is 1. The van der Waals surface area contributed by atoms with E-state index < -0.39 is 11.7 Å². The van der Waals surface area contributed by atoms with Crippen LogP contribution in [0.25, 0.3) is 11.0 Å². The normalized spacial score (nSPS) is 22.2. The zero-order valence-corrected chi connectivity index (χ0v) is 18.7. The third-order valence-corrected chi connectivity index (χ3v) is 5.72. The third-order valence-electron chi connectivity index (χ3n) is 5.55. The van der Waals surface area contributed by atoms with E-state index in [9.17, 15) is 9.70 Å². The van der Waals surface area contributed by atoms with E-state index in [0.717, 1.165) is 25.7 Å². The highest BCUT2D eigenvalue weighted by Gasteiger charge is 2.35. The molecule has 168 valence electrons. The van der Waals surface area contributed by atoms with Gasteiger partial charge in [0.25, 0.3) is 0 Å². The van der Waals surface area contributed by atoms with Crippen LogP contribution in [0.5, 0.6) is 0 Å². The van der Waals surface area contributed by atoms with Crippen molar-refractivity contribution >= 4 is 34.5 Å². The van der Waals surface area contributed by atoms with Crippen LogP contribution in [0.3, 0.4) is 0 Å². The summed E-state index contributed by atoms with van der Waals surface area (Å²) in [6.45, 7) is 5.60. The maximum Gasteiger partial charge on any atom is 0.416 e. The molecule has 2 aliphatic rings. The number of halogens is 1. The molecule has 4 rings (SSSR count). The number of hydrogen-bond acceptors (Lipinski definition) is 8. The van der Waals surface area contributed by atoms with Crippen molar-refractivity contribution in [2.75, 3.05) is 11.4 Å².